The Morgan fingerprint density at radius 1 is 1.09 bits per heavy atom. The Bertz CT molecular complexity index is 1480. The van der Waals surface area contributed by atoms with Crippen LogP contribution in [0.4, 0.5) is 0 Å². The summed E-state index contributed by atoms with van der Waals surface area (Å²) in [5.41, 5.74) is 3.63. The van der Waals surface area contributed by atoms with E-state index in [2.05, 4.69) is 4.98 Å². The maximum Gasteiger partial charge on any atom is 0.336 e. The highest BCUT2D eigenvalue weighted by atomic mass is 16.5. The van der Waals surface area contributed by atoms with Gasteiger partial charge in [-0.3, -0.25) is 14.2 Å². The first-order valence-corrected chi connectivity index (χ1v) is 10.7. The van der Waals surface area contributed by atoms with Crippen LogP contribution in [0.3, 0.4) is 0 Å². The molecule has 5 rings (SSSR count). The highest BCUT2D eigenvalue weighted by Gasteiger charge is 2.16. The van der Waals surface area contributed by atoms with Crippen LogP contribution in [0.2, 0.25) is 0 Å². The summed E-state index contributed by atoms with van der Waals surface area (Å²) in [4.78, 5) is 41.4. The van der Waals surface area contributed by atoms with Crippen LogP contribution in [0.1, 0.15) is 35.4 Å². The maximum absolute atomic E-state index is 12.5. The number of hydrogen-bond acceptors (Lipinski definition) is 6. The number of rotatable bonds is 5. The summed E-state index contributed by atoms with van der Waals surface area (Å²) >= 11 is 0. The number of fused-ring (bicyclic) bond motifs is 3. The Morgan fingerprint density at radius 2 is 1.88 bits per heavy atom. The molecule has 0 aliphatic heterocycles. The molecule has 4 aromatic rings. The maximum atomic E-state index is 12.5. The van der Waals surface area contributed by atoms with Gasteiger partial charge in [0.25, 0.3) is 5.56 Å². The van der Waals surface area contributed by atoms with E-state index < -0.39 is 11.6 Å². The minimum Gasteiger partial charge on any atom is -0.461 e. The Morgan fingerprint density at radius 3 is 2.72 bits per heavy atom. The number of benzene rings is 2. The lowest BCUT2D eigenvalue weighted by Crippen LogP contribution is -2.23. The van der Waals surface area contributed by atoms with Crippen molar-refractivity contribution in [1.29, 1.82) is 0 Å². The van der Waals surface area contributed by atoms with E-state index in [0.717, 1.165) is 24.6 Å². The summed E-state index contributed by atoms with van der Waals surface area (Å²) in [5, 5.41) is 1.35. The summed E-state index contributed by atoms with van der Waals surface area (Å²) in [6, 6.07) is 12.5. The number of aromatic nitrogens is 2. The molecule has 2 heterocycles. The van der Waals surface area contributed by atoms with E-state index in [-0.39, 0.29) is 25.0 Å². The Labute approximate surface area is 183 Å². The van der Waals surface area contributed by atoms with Crippen molar-refractivity contribution in [3.63, 3.8) is 0 Å². The minimum absolute atomic E-state index is 0.0101. The first-order valence-electron chi connectivity index (χ1n) is 10.7. The smallest absolute Gasteiger partial charge is 0.336 e. The van der Waals surface area contributed by atoms with Crippen LogP contribution in [0.5, 0.6) is 0 Å². The van der Waals surface area contributed by atoms with Crippen molar-refractivity contribution >= 4 is 27.8 Å². The van der Waals surface area contributed by atoms with Crippen LogP contribution in [-0.4, -0.2) is 15.5 Å². The summed E-state index contributed by atoms with van der Waals surface area (Å²) < 4.78 is 12.3. The minimum atomic E-state index is -0.461. The SMILES string of the molecule is Cn1c(CCC(=O)OCc2cc(=O)oc3cc4c(cc23)CCC4)nc2ccccc2c1=O. The van der Waals surface area contributed by atoms with Gasteiger partial charge in [-0.1, -0.05) is 12.1 Å². The van der Waals surface area contributed by atoms with E-state index in [1.165, 1.54) is 21.8 Å². The molecule has 0 saturated carbocycles. The Hall–Kier alpha value is -3.74. The van der Waals surface area contributed by atoms with Crippen molar-refractivity contribution in [1.82, 2.24) is 9.55 Å². The van der Waals surface area contributed by atoms with E-state index >= 15 is 0 Å². The number of hydrogen-bond donors (Lipinski definition) is 0. The lowest BCUT2D eigenvalue weighted by Gasteiger charge is -2.10. The standard InChI is InChI=1S/C25H22N2O5/c1-27-22(26-20-8-3-2-7-18(20)25(27)30)9-10-23(28)31-14-17-13-24(29)32-21-12-16-6-4-5-15(16)11-19(17)21/h2-3,7-8,11-13H,4-6,9-10,14H2,1H3. The molecule has 162 valence electrons. The van der Waals surface area contributed by atoms with Gasteiger partial charge >= 0.3 is 11.6 Å². The molecule has 0 fully saturated rings. The molecule has 0 saturated heterocycles. The van der Waals surface area contributed by atoms with Gasteiger partial charge in [-0.15, -0.1) is 0 Å². The lowest BCUT2D eigenvalue weighted by atomic mass is 10.0. The molecule has 2 aromatic carbocycles. The fourth-order valence-corrected chi connectivity index (χ4v) is 4.35. The van der Waals surface area contributed by atoms with Crippen molar-refractivity contribution < 1.29 is 13.9 Å². The van der Waals surface area contributed by atoms with E-state index in [9.17, 15) is 14.4 Å². The number of esters is 1. The van der Waals surface area contributed by atoms with Crippen LogP contribution in [0, 0.1) is 0 Å². The number of carbonyl (C=O) groups excluding carboxylic acids is 1. The molecule has 1 aliphatic carbocycles. The average molecular weight is 430 g/mol. The summed E-state index contributed by atoms with van der Waals surface area (Å²) in [6.07, 6.45) is 3.43. The number of aryl methyl sites for hydroxylation is 3. The van der Waals surface area contributed by atoms with Crippen molar-refractivity contribution in [3.8, 4) is 0 Å². The van der Waals surface area contributed by atoms with E-state index in [0.29, 0.717) is 27.9 Å². The van der Waals surface area contributed by atoms with Crippen LogP contribution in [0.25, 0.3) is 21.9 Å². The molecule has 7 nitrogen and oxygen atoms in total. The van der Waals surface area contributed by atoms with Gasteiger partial charge in [0.05, 0.1) is 17.3 Å². The van der Waals surface area contributed by atoms with Crippen LogP contribution in [0.15, 0.2) is 56.5 Å². The highest BCUT2D eigenvalue weighted by molar-refractivity contribution is 5.82. The van der Waals surface area contributed by atoms with Gasteiger partial charge in [-0.25, -0.2) is 9.78 Å². The van der Waals surface area contributed by atoms with Crippen LogP contribution in [-0.2, 0) is 42.4 Å². The van der Waals surface area contributed by atoms with Gasteiger partial charge in [0.1, 0.15) is 18.0 Å². The van der Waals surface area contributed by atoms with Crippen molar-refractivity contribution in [2.45, 2.75) is 38.7 Å². The molecule has 32 heavy (non-hydrogen) atoms. The van der Waals surface area contributed by atoms with E-state index in [1.54, 1.807) is 25.2 Å². The number of ether oxygens (including phenoxy) is 1. The topological polar surface area (TPSA) is 91.4 Å². The largest absolute Gasteiger partial charge is 0.461 e. The third-order valence-electron chi connectivity index (χ3n) is 6.06. The quantitative estimate of drug-likeness (QED) is 0.357. The third kappa shape index (κ3) is 3.70. The van der Waals surface area contributed by atoms with Gasteiger partial charge < -0.3 is 9.15 Å². The fraction of sp³-hybridized carbons (Fsp3) is 0.280. The van der Waals surface area contributed by atoms with Crippen molar-refractivity contribution in [2.75, 3.05) is 0 Å². The molecular weight excluding hydrogens is 408 g/mol. The Kier molecular flexibility index (Phi) is 5.09. The summed E-state index contributed by atoms with van der Waals surface area (Å²) in [7, 11) is 1.65. The molecule has 2 aromatic heterocycles. The van der Waals surface area contributed by atoms with Gasteiger partial charge in [-0.05, 0) is 54.7 Å². The zero-order valence-corrected chi connectivity index (χ0v) is 17.7. The third-order valence-corrected chi connectivity index (χ3v) is 6.06. The highest BCUT2D eigenvalue weighted by Crippen LogP contribution is 2.28. The second kappa shape index (κ2) is 8.07. The summed E-state index contributed by atoms with van der Waals surface area (Å²) in [6.45, 7) is -0.0101. The number of para-hydroxylation sites is 1. The van der Waals surface area contributed by atoms with E-state index in [1.807, 2.05) is 18.2 Å². The van der Waals surface area contributed by atoms with Crippen molar-refractivity contribution in [3.05, 3.63) is 85.8 Å². The predicted molar refractivity (Wildman–Crippen MR) is 120 cm³/mol. The molecular formula is C25H22N2O5. The van der Waals surface area contributed by atoms with Gasteiger partial charge in [0, 0.05) is 30.5 Å². The molecule has 0 bridgehead atoms. The van der Waals surface area contributed by atoms with Gasteiger partial charge in [0.15, 0.2) is 0 Å². The summed E-state index contributed by atoms with van der Waals surface area (Å²) in [5.74, 6) is 0.0991. The lowest BCUT2D eigenvalue weighted by molar-refractivity contribution is -0.144. The van der Waals surface area contributed by atoms with Crippen LogP contribution >= 0.6 is 0 Å². The molecule has 0 N–H and O–H groups in total. The van der Waals surface area contributed by atoms with Gasteiger partial charge in [-0.2, -0.15) is 0 Å². The molecule has 0 amide bonds. The second-order valence-corrected chi connectivity index (χ2v) is 8.13. The molecule has 0 spiro atoms. The molecule has 0 radical (unpaired) electrons. The molecule has 7 heteroatoms. The number of nitrogens with zero attached hydrogens (tertiary/aromatic N) is 2. The van der Waals surface area contributed by atoms with Gasteiger partial charge in [0.2, 0.25) is 0 Å². The normalized spacial score (nSPS) is 12.9. The zero-order valence-electron chi connectivity index (χ0n) is 17.7. The van der Waals surface area contributed by atoms with Crippen molar-refractivity contribution in [2.24, 2.45) is 7.05 Å². The average Bonchev–Trinajstić information content (AvgIpc) is 3.25. The Balaban J connectivity index is 1.31. The number of carbonyl (C=O) groups is 1. The molecule has 0 unspecified atom stereocenters. The second-order valence-electron chi connectivity index (χ2n) is 8.13. The zero-order chi connectivity index (χ0) is 22.2. The fourth-order valence-electron chi connectivity index (χ4n) is 4.35. The van der Waals surface area contributed by atoms with Crippen LogP contribution < -0.4 is 11.2 Å². The predicted octanol–water partition coefficient (Wildman–Crippen LogP) is 3.20. The molecule has 1 aliphatic rings. The molecule has 0 atom stereocenters. The first-order chi connectivity index (χ1) is 15.5. The van der Waals surface area contributed by atoms with E-state index in [4.69, 9.17) is 9.15 Å². The first kappa shape index (κ1) is 20.2. The monoisotopic (exact) mass is 430 g/mol.